The Morgan fingerprint density at radius 2 is 2.08 bits per heavy atom. The van der Waals surface area contributed by atoms with Gasteiger partial charge in [0.05, 0.1) is 16.8 Å². The number of ether oxygens (including phenoxy) is 1. The summed E-state index contributed by atoms with van der Waals surface area (Å²) in [7, 11) is 1.64. The molecule has 0 heterocycles. The molecule has 2 nitrogen and oxygen atoms in total. The van der Waals surface area contributed by atoms with Gasteiger partial charge in [0, 0.05) is 0 Å². The lowest BCUT2D eigenvalue weighted by atomic mass is 10.1. The van der Waals surface area contributed by atoms with E-state index in [1.807, 2.05) is 19.1 Å². The summed E-state index contributed by atoms with van der Waals surface area (Å²) in [6.45, 7) is 3.75. The van der Waals surface area contributed by atoms with Crippen molar-refractivity contribution in [1.29, 1.82) is 0 Å². The zero-order valence-electron chi connectivity index (χ0n) is 7.97. The second kappa shape index (κ2) is 4.28. The molecule has 0 saturated heterocycles. The normalized spacial score (nSPS) is 12.7. The fraction of sp³-hybridized carbons (Fsp3) is 0.400. The van der Waals surface area contributed by atoms with Crippen molar-refractivity contribution in [2.75, 3.05) is 7.11 Å². The van der Waals surface area contributed by atoms with E-state index >= 15 is 0 Å². The minimum Gasteiger partial charge on any atom is -0.496 e. The number of benzene rings is 1. The van der Waals surface area contributed by atoms with Gasteiger partial charge in [-0.25, -0.2) is 0 Å². The Labute approximate surface area is 92.1 Å². The maximum Gasteiger partial charge on any atom is 0.132 e. The van der Waals surface area contributed by atoms with Crippen molar-refractivity contribution in [3.05, 3.63) is 26.8 Å². The number of methoxy groups -OCH3 is 1. The first-order chi connectivity index (χ1) is 6.06. The third-order valence-corrected chi connectivity index (χ3v) is 3.04. The van der Waals surface area contributed by atoms with E-state index in [0.29, 0.717) is 0 Å². The van der Waals surface area contributed by atoms with Crippen molar-refractivity contribution in [2.45, 2.75) is 20.0 Å². The van der Waals surface area contributed by atoms with E-state index in [1.165, 1.54) is 0 Å². The van der Waals surface area contributed by atoms with Gasteiger partial charge in [0.15, 0.2) is 0 Å². The van der Waals surface area contributed by atoms with Crippen LogP contribution in [0.15, 0.2) is 12.1 Å². The number of aliphatic hydroxyl groups excluding tert-OH is 1. The van der Waals surface area contributed by atoms with Crippen LogP contribution in [0.25, 0.3) is 0 Å². The van der Waals surface area contributed by atoms with Crippen molar-refractivity contribution < 1.29 is 9.84 Å². The van der Waals surface area contributed by atoms with E-state index in [4.69, 9.17) is 4.74 Å². The zero-order valence-corrected chi connectivity index (χ0v) is 10.1. The van der Waals surface area contributed by atoms with Gasteiger partial charge in [0.2, 0.25) is 0 Å². The Bertz CT molecular complexity index is 308. The first-order valence-electron chi connectivity index (χ1n) is 4.08. The standard InChI is InChI=1S/C10H13IO2/c1-6-4-8(7(2)12)10(11)9(5-6)13-3/h4-5,7,12H,1-3H3. The number of hydrogen-bond donors (Lipinski definition) is 1. The number of aliphatic hydroxyl groups is 1. The molecule has 0 aromatic heterocycles. The van der Waals surface area contributed by atoms with Gasteiger partial charge in [-0.2, -0.15) is 0 Å². The molecule has 0 bridgehead atoms. The molecule has 1 N–H and O–H groups in total. The van der Waals surface area contributed by atoms with Gasteiger partial charge >= 0.3 is 0 Å². The Kier molecular flexibility index (Phi) is 3.55. The molecule has 1 aromatic carbocycles. The Balaban J connectivity index is 3.27. The molecule has 0 amide bonds. The summed E-state index contributed by atoms with van der Waals surface area (Å²) < 4.78 is 6.18. The number of hydrogen-bond acceptors (Lipinski definition) is 2. The lowest BCUT2D eigenvalue weighted by Crippen LogP contribution is -1.98. The average molecular weight is 292 g/mol. The molecular weight excluding hydrogens is 279 g/mol. The Morgan fingerprint density at radius 3 is 2.54 bits per heavy atom. The fourth-order valence-corrected chi connectivity index (χ4v) is 2.20. The predicted octanol–water partition coefficient (Wildman–Crippen LogP) is 2.66. The third kappa shape index (κ3) is 2.34. The minimum absolute atomic E-state index is 0.444. The summed E-state index contributed by atoms with van der Waals surface area (Å²) in [5.41, 5.74) is 2.03. The Morgan fingerprint density at radius 1 is 1.46 bits per heavy atom. The number of halogens is 1. The topological polar surface area (TPSA) is 29.5 Å². The van der Waals surface area contributed by atoms with Gasteiger partial charge in [-0.3, -0.25) is 0 Å². The first-order valence-corrected chi connectivity index (χ1v) is 5.16. The molecule has 0 aliphatic rings. The van der Waals surface area contributed by atoms with E-state index < -0.39 is 6.10 Å². The molecule has 72 valence electrons. The second-order valence-corrected chi connectivity index (χ2v) is 4.13. The Hall–Kier alpha value is -0.290. The zero-order chi connectivity index (χ0) is 10.0. The van der Waals surface area contributed by atoms with Crippen molar-refractivity contribution >= 4 is 22.6 Å². The van der Waals surface area contributed by atoms with E-state index in [9.17, 15) is 5.11 Å². The highest BCUT2D eigenvalue weighted by Crippen LogP contribution is 2.29. The summed E-state index contributed by atoms with van der Waals surface area (Å²) in [6.07, 6.45) is -0.444. The highest BCUT2D eigenvalue weighted by Gasteiger charge is 2.11. The molecule has 0 radical (unpaired) electrons. The van der Waals surface area contributed by atoms with Gasteiger partial charge in [0.25, 0.3) is 0 Å². The molecule has 0 saturated carbocycles. The van der Waals surface area contributed by atoms with Crippen molar-refractivity contribution in [3.63, 3.8) is 0 Å². The number of rotatable bonds is 2. The molecule has 3 heteroatoms. The maximum atomic E-state index is 9.49. The molecule has 1 aromatic rings. The van der Waals surface area contributed by atoms with Crippen LogP contribution in [0, 0.1) is 10.5 Å². The van der Waals surface area contributed by atoms with Crippen molar-refractivity contribution in [2.24, 2.45) is 0 Å². The fourth-order valence-electron chi connectivity index (χ4n) is 1.22. The van der Waals surface area contributed by atoms with E-state index in [1.54, 1.807) is 14.0 Å². The predicted molar refractivity (Wildman–Crippen MR) is 61.1 cm³/mol. The second-order valence-electron chi connectivity index (χ2n) is 3.05. The van der Waals surface area contributed by atoms with Crippen molar-refractivity contribution in [3.8, 4) is 5.75 Å². The van der Waals surface area contributed by atoms with Crippen LogP contribution >= 0.6 is 22.6 Å². The van der Waals surface area contributed by atoms with E-state index in [-0.39, 0.29) is 0 Å². The lowest BCUT2D eigenvalue weighted by Gasteiger charge is -2.12. The van der Waals surface area contributed by atoms with Crippen LogP contribution < -0.4 is 4.74 Å². The molecule has 0 aliphatic carbocycles. The largest absolute Gasteiger partial charge is 0.496 e. The minimum atomic E-state index is -0.444. The van der Waals surface area contributed by atoms with Gasteiger partial charge in [-0.05, 0) is 53.6 Å². The SMILES string of the molecule is COc1cc(C)cc(C(C)O)c1I. The van der Waals surface area contributed by atoms with Gasteiger partial charge < -0.3 is 9.84 Å². The first kappa shape index (κ1) is 10.8. The van der Waals surface area contributed by atoms with Crippen LogP contribution in [-0.4, -0.2) is 12.2 Å². The van der Waals surface area contributed by atoms with Crippen LogP contribution in [0.2, 0.25) is 0 Å². The summed E-state index contributed by atoms with van der Waals surface area (Å²) in [6, 6.07) is 3.95. The highest BCUT2D eigenvalue weighted by atomic mass is 127. The monoisotopic (exact) mass is 292 g/mol. The molecule has 1 atom stereocenters. The van der Waals surface area contributed by atoms with Crippen molar-refractivity contribution in [1.82, 2.24) is 0 Å². The highest BCUT2D eigenvalue weighted by molar-refractivity contribution is 14.1. The van der Waals surface area contributed by atoms with Crippen LogP contribution in [-0.2, 0) is 0 Å². The molecule has 0 fully saturated rings. The van der Waals surface area contributed by atoms with Crippen LogP contribution in [0.5, 0.6) is 5.75 Å². The van der Waals surface area contributed by atoms with Gasteiger partial charge in [0.1, 0.15) is 5.75 Å². The third-order valence-electron chi connectivity index (χ3n) is 1.88. The summed E-state index contributed by atoms with van der Waals surface area (Å²) >= 11 is 2.19. The molecule has 0 spiro atoms. The van der Waals surface area contributed by atoms with E-state index in [2.05, 4.69) is 22.6 Å². The lowest BCUT2D eigenvalue weighted by molar-refractivity contribution is 0.197. The molecule has 13 heavy (non-hydrogen) atoms. The quantitative estimate of drug-likeness (QED) is 0.849. The summed E-state index contributed by atoms with van der Waals surface area (Å²) in [4.78, 5) is 0. The smallest absolute Gasteiger partial charge is 0.132 e. The average Bonchev–Trinajstić information content (AvgIpc) is 2.08. The summed E-state index contributed by atoms with van der Waals surface area (Å²) in [5.74, 6) is 0.830. The molecule has 1 unspecified atom stereocenters. The van der Waals surface area contributed by atoms with Crippen LogP contribution in [0.3, 0.4) is 0 Å². The van der Waals surface area contributed by atoms with E-state index in [0.717, 1.165) is 20.4 Å². The number of aryl methyl sites for hydroxylation is 1. The van der Waals surface area contributed by atoms with Gasteiger partial charge in [-0.15, -0.1) is 0 Å². The van der Waals surface area contributed by atoms with Gasteiger partial charge in [-0.1, -0.05) is 6.07 Å². The van der Waals surface area contributed by atoms with Crippen LogP contribution in [0.4, 0.5) is 0 Å². The molecule has 0 aliphatic heterocycles. The van der Waals surface area contributed by atoms with Crippen LogP contribution in [0.1, 0.15) is 24.2 Å². The maximum absolute atomic E-state index is 9.49. The summed E-state index contributed by atoms with van der Waals surface area (Å²) in [5, 5.41) is 9.49. The molecular formula is C10H13IO2. The molecule has 1 rings (SSSR count).